The van der Waals surface area contributed by atoms with Gasteiger partial charge >= 0.3 is 0 Å². The molecule has 6 nitrogen and oxygen atoms in total. The fourth-order valence-electron chi connectivity index (χ4n) is 3.05. The summed E-state index contributed by atoms with van der Waals surface area (Å²) in [7, 11) is -3.94. The van der Waals surface area contributed by atoms with E-state index in [1.54, 1.807) is 13.0 Å². The van der Waals surface area contributed by atoms with E-state index in [9.17, 15) is 22.0 Å². The van der Waals surface area contributed by atoms with E-state index in [4.69, 9.17) is 11.6 Å². The number of hydrogen-bond acceptors (Lipinski definition) is 3. The second-order valence-electron chi connectivity index (χ2n) is 6.16. The van der Waals surface area contributed by atoms with Crippen molar-refractivity contribution >= 4 is 39.3 Å². The smallest absolute Gasteiger partial charge is 0.273 e. The van der Waals surface area contributed by atoms with Gasteiger partial charge in [0.2, 0.25) is 10.0 Å². The lowest BCUT2D eigenvalue weighted by Crippen LogP contribution is -2.24. The summed E-state index contributed by atoms with van der Waals surface area (Å²) in [5.74, 6) is -2.88. The maximum absolute atomic E-state index is 13.4. The van der Waals surface area contributed by atoms with Crippen molar-refractivity contribution in [2.75, 3.05) is 11.9 Å². The van der Waals surface area contributed by atoms with Crippen LogP contribution in [0.15, 0.2) is 29.2 Å². The average molecular weight is 430 g/mol. The second-order valence-corrected chi connectivity index (χ2v) is 8.24. The molecule has 3 rings (SSSR count). The third-order valence-corrected chi connectivity index (χ3v) is 6.32. The molecule has 2 N–H and O–H groups in total. The summed E-state index contributed by atoms with van der Waals surface area (Å²) in [4.78, 5) is 12.7. The van der Waals surface area contributed by atoms with Crippen LogP contribution in [0.1, 0.15) is 35.9 Å². The van der Waals surface area contributed by atoms with Crippen LogP contribution in [0.3, 0.4) is 0 Å². The van der Waals surface area contributed by atoms with E-state index in [1.165, 1.54) is 10.6 Å². The molecule has 0 saturated carbocycles. The first-order valence-electron chi connectivity index (χ1n) is 8.61. The zero-order valence-corrected chi connectivity index (χ0v) is 16.5. The van der Waals surface area contributed by atoms with Gasteiger partial charge in [0.1, 0.15) is 10.6 Å². The number of sulfonamides is 1. The number of hydrogen-bond donors (Lipinski definition) is 2. The van der Waals surface area contributed by atoms with Crippen LogP contribution in [0.25, 0.3) is 6.08 Å². The first-order chi connectivity index (χ1) is 13.3. The van der Waals surface area contributed by atoms with Crippen LogP contribution < -0.4 is 10.0 Å². The number of carbonyl (C=O) groups excluding carboxylic acids is 1. The zero-order chi connectivity index (χ0) is 20.5. The number of aromatic nitrogens is 1. The van der Waals surface area contributed by atoms with Crippen LogP contribution in [0, 0.1) is 11.6 Å². The predicted molar refractivity (Wildman–Crippen MR) is 103 cm³/mol. The summed E-state index contributed by atoms with van der Waals surface area (Å²) in [6.45, 7) is 2.17. The van der Waals surface area contributed by atoms with Crippen molar-refractivity contribution in [3.05, 3.63) is 52.3 Å². The topological polar surface area (TPSA) is 80.2 Å². The number of amides is 1. The maximum Gasteiger partial charge on any atom is 0.273 e. The van der Waals surface area contributed by atoms with Gasteiger partial charge < -0.3 is 9.88 Å². The molecule has 28 heavy (non-hydrogen) atoms. The van der Waals surface area contributed by atoms with Gasteiger partial charge in [-0.1, -0.05) is 24.6 Å². The largest absolute Gasteiger partial charge is 0.335 e. The highest BCUT2D eigenvalue weighted by Crippen LogP contribution is 2.35. The molecule has 0 bridgehead atoms. The molecule has 1 aromatic carbocycles. The molecule has 1 aliphatic rings. The van der Waals surface area contributed by atoms with Gasteiger partial charge in [-0.25, -0.2) is 21.9 Å². The third kappa shape index (κ3) is 3.82. The van der Waals surface area contributed by atoms with Gasteiger partial charge in [0.15, 0.2) is 11.6 Å². The van der Waals surface area contributed by atoms with Crippen molar-refractivity contribution in [1.82, 2.24) is 9.29 Å². The Morgan fingerprint density at radius 1 is 1.29 bits per heavy atom. The Morgan fingerprint density at radius 2 is 2.04 bits per heavy atom. The molecule has 0 fully saturated rings. The number of rotatable bonds is 5. The average Bonchev–Trinajstić information content (AvgIpc) is 2.75. The first kappa shape index (κ1) is 20.5. The molecule has 0 spiro atoms. The van der Waals surface area contributed by atoms with Gasteiger partial charge in [0.05, 0.1) is 10.7 Å². The summed E-state index contributed by atoms with van der Waals surface area (Å²) >= 11 is 6.34. The van der Waals surface area contributed by atoms with Crippen LogP contribution in [0.4, 0.5) is 14.5 Å². The number of fused-ring (bicyclic) bond motifs is 1. The quantitative estimate of drug-likeness (QED) is 0.759. The Balaban J connectivity index is 2.10. The lowest BCUT2D eigenvalue weighted by atomic mass is 10.2. The van der Waals surface area contributed by atoms with E-state index in [-0.39, 0.29) is 27.8 Å². The Kier molecular flexibility index (Phi) is 5.87. The summed E-state index contributed by atoms with van der Waals surface area (Å²) in [6, 6.07) is 2.92. The number of allylic oxidation sites excluding steroid dienone is 1. The van der Waals surface area contributed by atoms with Crippen molar-refractivity contribution in [2.45, 2.75) is 31.2 Å². The summed E-state index contributed by atoms with van der Waals surface area (Å²) in [6.07, 6.45) is 4.83. The van der Waals surface area contributed by atoms with E-state index < -0.39 is 27.6 Å². The minimum atomic E-state index is -3.94. The van der Waals surface area contributed by atoms with E-state index in [0.29, 0.717) is 25.1 Å². The molecule has 1 amide bonds. The van der Waals surface area contributed by atoms with E-state index in [0.717, 1.165) is 12.1 Å². The SMILES string of the molecule is CCNS(=O)(=O)c1c(Cl)c(C(=O)Nc2ccc(F)c(F)c2)n2c1C=CCCC2. The highest BCUT2D eigenvalue weighted by molar-refractivity contribution is 7.89. The Labute approximate surface area is 166 Å². The fourth-order valence-corrected chi connectivity index (χ4v) is 4.95. The number of nitrogens with one attached hydrogen (secondary N) is 2. The van der Waals surface area contributed by atoms with Crippen LogP contribution in [0.2, 0.25) is 5.02 Å². The van der Waals surface area contributed by atoms with E-state index in [1.807, 2.05) is 6.08 Å². The number of halogens is 3. The Bertz CT molecular complexity index is 1060. The number of benzene rings is 1. The highest BCUT2D eigenvalue weighted by Gasteiger charge is 2.32. The lowest BCUT2D eigenvalue weighted by molar-refractivity contribution is 0.101. The van der Waals surface area contributed by atoms with E-state index >= 15 is 0 Å². The highest BCUT2D eigenvalue weighted by atomic mass is 35.5. The van der Waals surface area contributed by atoms with Crippen LogP contribution in [0.5, 0.6) is 0 Å². The molecule has 150 valence electrons. The van der Waals surface area contributed by atoms with Gasteiger partial charge in [-0.3, -0.25) is 4.79 Å². The number of anilines is 1. The fraction of sp³-hybridized carbons (Fsp3) is 0.278. The number of nitrogens with zero attached hydrogens (tertiary/aromatic N) is 1. The van der Waals surface area contributed by atoms with Gasteiger partial charge in [0, 0.05) is 24.8 Å². The molecular weight excluding hydrogens is 412 g/mol. The standard InChI is InChI=1S/C18H18ClF2N3O3S/c1-2-22-28(26,27)17-14-6-4-3-5-9-24(14)16(15(17)19)18(25)23-11-7-8-12(20)13(21)10-11/h4,6-8,10,22H,2-3,5,9H2,1H3,(H,23,25). The van der Waals surface area contributed by atoms with Gasteiger partial charge in [-0.15, -0.1) is 0 Å². The molecule has 0 radical (unpaired) electrons. The molecule has 0 aliphatic carbocycles. The third-order valence-electron chi connectivity index (χ3n) is 4.22. The minimum Gasteiger partial charge on any atom is -0.335 e. The molecule has 10 heteroatoms. The summed E-state index contributed by atoms with van der Waals surface area (Å²) in [5.41, 5.74) is 0.277. The van der Waals surface area contributed by atoms with Crippen LogP contribution in [-0.4, -0.2) is 25.4 Å². The molecule has 1 aromatic heterocycles. The molecule has 2 heterocycles. The van der Waals surface area contributed by atoms with Gasteiger partial charge in [-0.05, 0) is 31.1 Å². The van der Waals surface area contributed by atoms with Crippen molar-refractivity contribution in [2.24, 2.45) is 0 Å². The van der Waals surface area contributed by atoms with Crippen molar-refractivity contribution in [3.63, 3.8) is 0 Å². The molecule has 0 saturated heterocycles. The summed E-state index contributed by atoms with van der Waals surface area (Å²) < 4.78 is 55.7. The van der Waals surface area contributed by atoms with Gasteiger partial charge in [0.25, 0.3) is 5.91 Å². The monoisotopic (exact) mass is 429 g/mol. The molecule has 2 aromatic rings. The Hall–Kier alpha value is -2.23. The van der Waals surface area contributed by atoms with Crippen molar-refractivity contribution < 1.29 is 22.0 Å². The zero-order valence-electron chi connectivity index (χ0n) is 14.9. The van der Waals surface area contributed by atoms with Crippen molar-refractivity contribution in [1.29, 1.82) is 0 Å². The maximum atomic E-state index is 13.4. The first-order valence-corrected chi connectivity index (χ1v) is 10.5. The van der Waals surface area contributed by atoms with Crippen LogP contribution >= 0.6 is 11.6 Å². The summed E-state index contributed by atoms with van der Waals surface area (Å²) in [5, 5.41) is 2.22. The molecule has 1 aliphatic heterocycles. The number of carbonyl (C=O) groups is 1. The minimum absolute atomic E-state index is 0.0239. The normalized spacial score (nSPS) is 13.9. The second kappa shape index (κ2) is 8.02. The molecular formula is C18H18ClF2N3O3S. The molecule has 0 atom stereocenters. The predicted octanol–water partition coefficient (Wildman–Crippen LogP) is 3.78. The Morgan fingerprint density at radius 3 is 2.71 bits per heavy atom. The lowest BCUT2D eigenvalue weighted by Gasteiger charge is -2.11. The van der Waals surface area contributed by atoms with E-state index in [2.05, 4.69) is 10.0 Å². The molecule has 0 unspecified atom stereocenters. The van der Waals surface area contributed by atoms with Crippen LogP contribution in [-0.2, 0) is 16.6 Å². The van der Waals surface area contributed by atoms with Crippen molar-refractivity contribution in [3.8, 4) is 0 Å². The van der Waals surface area contributed by atoms with Gasteiger partial charge in [-0.2, -0.15) is 0 Å².